The molecule has 3 rings (SSSR count). The number of ether oxygens (including phenoxy) is 1. The molecule has 0 spiro atoms. The van der Waals surface area contributed by atoms with Crippen LogP contribution in [0.3, 0.4) is 0 Å². The molecule has 1 aliphatic carbocycles. The first-order chi connectivity index (χ1) is 9.78. The highest BCUT2D eigenvalue weighted by Gasteiger charge is 2.25. The highest BCUT2D eigenvalue weighted by Crippen LogP contribution is 2.38. The minimum atomic E-state index is 0.399. The van der Waals surface area contributed by atoms with Crippen molar-refractivity contribution < 1.29 is 4.74 Å². The lowest BCUT2D eigenvalue weighted by molar-refractivity contribution is 0.0659. The number of nitrogen functional groups attached to an aromatic ring is 1. The highest BCUT2D eigenvalue weighted by atomic mass is 16.5. The summed E-state index contributed by atoms with van der Waals surface area (Å²) >= 11 is 0. The van der Waals surface area contributed by atoms with Crippen LogP contribution in [0, 0.1) is 0 Å². The van der Waals surface area contributed by atoms with Crippen molar-refractivity contribution in [1.29, 1.82) is 0 Å². The van der Waals surface area contributed by atoms with Gasteiger partial charge in [-0.05, 0) is 59.7 Å². The third-order valence-corrected chi connectivity index (χ3v) is 4.13. The number of aromatic amines is 1. The fraction of sp³-hybridized carbons (Fsp3) is 0.500. The van der Waals surface area contributed by atoms with E-state index in [0.717, 1.165) is 36.9 Å². The molecule has 2 aromatic rings. The molecular formula is C14H19N5O. The Morgan fingerprint density at radius 2 is 2.05 bits per heavy atom. The molecule has 0 saturated heterocycles. The van der Waals surface area contributed by atoms with Crippen LogP contribution in [0.4, 0.5) is 5.69 Å². The smallest absolute Gasteiger partial charge is 0.179 e. The number of methoxy groups -OCH3 is 1. The van der Waals surface area contributed by atoms with Crippen molar-refractivity contribution in [2.45, 2.75) is 37.7 Å². The summed E-state index contributed by atoms with van der Waals surface area (Å²) in [7, 11) is 1.79. The van der Waals surface area contributed by atoms with Gasteiger partial charge < -0.3 is 10.5 Å². The first kappa shape index (κ1) is 13.1. The quantitative estimate of drug-likeness (QED) is 0.836. The molecular weight excluding hydrogens is 254 g/mol. The largest absolute Gasteiger partial charge is 0.399 e. The molecule has 1 aromatic heterocycles. The Morgan fingerprint density at radius 1 is 1.25 bits per heavy atom. The van der Waals surface area contributed by atoms with Crippen molar-refractivity contribution >= 4 is 5.69 Å². The van der Waals surface area contributed by atoms with Crippen molar-refractivity contribution in [3.63, 3.8) is 0 Å². The SMILES string of the molecule is CO[C@H]1CC[C@@H](c2ccc(N)cc2-c2nnn[nH]2)CC1. The average molecular weight is 273 g/mol. The average Bonchev–Trinajstić information content (AvgIpc) is 3.01. The van der Waals surface area contributed by atoms with Gasteiger partial charge in [-0.15, -0.1) is 5.10 Å². The van der Waals surface area contributed by atoms with E-state index < -0.39 is 0 Å². The number of nitrogens with one attached hydrogen (secondary N) is 1. The summed E-state index contributed by atoms with van der Waals surface area (Å²) in [5.41, 5.74) is 8.91. The van der Waals surface area contributed by atoms with Crippen LogP contribution in [-0.2, 0) is 4.74 Å². The van der Waals surface area contributed by atoms with E-state index >= 15 is 0 Å². The Kier molecular flexibility index (Phi) is 3.64. The van der Waals surface area contributed by atoms with E-state index in [0.29, 0.717) is 17.8 Å². The van der Waals surface area contributed by atoms with E-state index in [1.54, 1.807) is 7.11 Å². The minimum absolute atomic E-state index is 0.399. The molecule has 0 radical (unpaired) electrons. The maximum Gasteiger partial charge on any atom is 0.179 e. The molecule has 6 nitrogen and oxygen atoms in total. The molecule has 1 heterocycles. The summed E-state index contributed by atoms with van der Waals surface area (Å²) < 4.78 is 5.44. The highest BCUT2D eigenvalue weighted by molar-refractivity contribution is 5.66. The number of tetrazole rings is 1. The van der Waals surface area contributed by atoms with Crippen molar-refractivity contribution in [1.82, 2.24) is 20.6 Å². The van der Waals surface area contributed by atoms with Gasteiger partial charge in [-0.25, -0.2) is 5.10 Å². The number of nitrogens with zero attached hydrogens (tertiary/aromatic N) is 3. The predicted octanol–water partition coefficient (Wildman–Crippen LogP) is 2.12. The van der Waals surface area contributed by atoms with Gasteiger partial charge in [0.05, 0.1) is 6.10 Å². The Labute approximate surface area is 117 Å². The topological polar surface area (TPSA) is 89.7 Å². The zero-order chi connectivity index (χ0) is 13.9. The Morgan fingerprint density at radius 3 is 2.70 bits per heavy atom. The first-order valence-electron chi connectivity index (χ1n) is 6.94. The van der Waals surface area contributed by atoms with E-state index in [9.17, 15) is 0 Å². The summed E-state index contributed by atoms with van der Waals surface area (Å²) in [6.45, 7) is 0. The van der Waals surface area contributed by atoms with Crippen LogP contribution in [0.15, 0.2) is 18.2 Å². The molecule has 0 amide bonds. The third kappa shape index (κ3) is 2.51. The molecule has 20 heavy (non-hydrogen) atoms. The fourth-order valence-corrected chi connectivity index (χ4v) is 3.02. The van der Waals surface area contributed by atoms with Crippen molar-refractivity contribution in [2.24, 2.45) is 0 Å². The Balaban J connectivity index is 1.90. The summed E-state index contributed by atoms with van der Waals surface area (Å²) in [6.07, 6.45) is 4.84. The molecule has 0 unspecified atom stereocenters. The van der Waals surface area contributed by atoms with Gasteiger partial charge in [-0.3, -0.25) is 0 Å². The maximum atomic E-state index is 5.90. The fourth-order valence-electron chi connectivity index (χ4n) is 3.02. The summed E-state index contributed by atoms with van der Waals surface area (Å²) in [6, 6.07) is 6.00. The Bertz CT molecular complexity index is 561. The molecule has 0 atom stereocenters. The second-order valence-corrected chi connectivity index (χ2v) is 5.31. The monoisotopic (exact) mass is 273 g/mol. The maximum absolute atomic E-state index is 5.90. The number of benzene rings is 1. The molecule has 1 aliphatic rings. The summed E-state index contributed by atoms with van der Waals surface area (Å²) in [5.74, 6) is 1.20. The number of nitrogens with two attached hydrogens (primary N) is 1. The number of aromatic nitrogens is 4. The van der Waals surface area contributed by atoms with E-state index in [-0.39, 0.29) is 0 Å². The lowest BCUT2D eigenvalue weighted by Gasteiger charge is -2.28. The number of anilines is 1. The molecule has 6 heteroatoms. The van der Waals surface area contributed by atoms with Crippen LogP contribution >= 0.6 is 0 Å². The summed E-state index contributed by atoms with van der Waals surface area (Å²) in [4.78, 5) is 0. The van der Waals surface area contributed by atoms with Gasteiger partial charge in [0.1, 0.15) is 0 Å². The number of hydrogen-bond acceptors (Lipinski definition) is 5. The standard InChI is InChI=1S/C14H19N5O/c1-20-11-5-2-9(3-6-11)12-7-4-10(15)8-13(12)14-16-18-19-17-14/h4,7-9,11H,2-3,5-6,15H2,1H3,(H,16,17,18,19)/t9-,11+. The lowest BCUT2D eigenvalue weighted by Crippen LogP contribution is -2.19. The van der Waals surface area contributed by atoms with E-state index in [4.69, 9.17) is 10.5 Å². The van der Waals surface area contributed by atoms with Crippen LogP contribution in [0.1, 0.15) is 37.2 Å². The van der Waals surface area contributed by atoms with Gasteiger partial charge in [0.25, 0.3) is 0 Å². The van der Waals surface area contributed by atoms with Gasteiger partial charge in [0.2, 0.25) is 0 Å². The first-order valence-corrected chi connectivity index (χ1v) is 6.94. The van der Waals surface area contributed by atoms with Crippen LogP contribution in [-0.4, -0.2) is 33.8 Å². The van der Waals surface area contributed by atoms with E-state index in [1.165, 1.54) is 5.56 Å². The minimum Gasteiger partial charge on any atom is -0.399 e. The second-order valence-electron chi connectivity index (χ2n) is 5.31. The summed E-state index contributed by atoms with van der Waals surface area (Å²) in [5, 5.41) is 14.2. The molecule has 0 bridgehead atoms. The zero-order valence-electron chi connectivity index (χ0n) is 11.5. The molecule has 1 fully saturated rings. The van der Waals surface area contributed by atoms with Gasteiger partial charge >= 0.3 is 0 Å². The van der Waals surface area contributed by atoms with Crippen LogP contribution < -0.4 is 5.73 Å². The van der Waals surface area contributed by atoms with Gasteiger partial charge in [-0.1, -0.05) is 6.07 Å². The predicted molar refractivity (Wildman–Crippen MR) is 76.0 cm³/mol. The normalized spacial score (nSPS) is 22.9. The second kappa shape index (κ2) is 5.58. The lowest BCUT2D eigenvalue weighted by atomic mass is 9.80. The molecule has 106 valence electrons. The van der Waals surface area contributed by atoms with Crippen LogP contribution in [0.25, 0.3) is 11.4 Å². The molecule has 3 N–H and O–H groups in total. The number of hydrogen-bond donors (Lipinski definition) is 2. The molecule has 1 aromatic carbocycles. The van der Waals surface area contributed by atoms with Crippen molar-refractivity contribution in [3.05, 3.63) is 23.8 Å². The van der Waals surface area contributed by atoms with Crippen molar-refractivity contribution in [2.75, 3.05) is 12.8 Å². The van der Waals surface area contributed by atoms with Crippen LogP contribution in [0.2, 0.25) is 0 Å². The van der Waals surface area contributed by atoms with Gasteiger partial charge in [-0.2, -0.15) is 0 Å². The number of H-pyrrole nitrogens is 1. The molecule has 0 aliphatic heterocycles. The van der Waals surface area contributed by atoms with E-state index in [1.807, 2.05) is 12.1 Å². The van der Waals surface area contributed by atoms with E-state index in [2.05, 4.69) is 26.7 Å². The number of rotatable bonds is 3. The Hall–Kier alpha value is -1.95. The van der Waals surface area contributed by atoms with Gasteiger partial charge in [0.15, 0.2) is 5.82 Å². The van der Waals surface area contributed by atoms with Gasteiger partial charge in [0, 0.05) is 18.4 Å². The molecule has 1 saturated carbocycles. The third-order valence-electron chi connectivity index (χ3n) is 4.13. The zero-order valence-corrected chi connectivity index (χ0v) is 11.5. The van der Waals surface area contributed by atoms with Crippen LogP contribution in [0.5, 0.6) is 0 Å². The van der Waals surface area contributed by atoms with Crippen molar-refractivity contribution in [3.8, 4) is 11.4 Å².